The minimum Gasteiger partial charge on any atom is -0.466 e. The van der Waals surface area contributed by atoms with Gasteiger partial charge in [0.05, 0.1) is 24.7 Å². The molecule has 26 heavy (non-hydrogen) atoms. The van der Waals surface area contributed by atoms with E-state index < -0.39 is 41.1 Å². The molecule has 1 aliphatic carbocycles. The maximum Gasteiger partial charge on any atom is 0.317 e. The highest BCUT2D eigenvalue weighted by molar-refractivity contribution is 6.30. The number of carbonyl (C=O) groups is 3. The molecule has 0 radical (unpaired) electrons. The van der Waals surface area contributed by atoms with E-state index >= 15 is 0 Å². The van der Waals surface area contributed by atoms with Gasteiger partial charge in [0.1, 0.15) is 5.92 Å². The van der Waals surface area contributed by atoms with Crippen molar-refractivity contribution in [1.82, 2.24) is 0 Å². The predicted molar refractivity (Wildman–Crippen MR) is 94.7 cm³/mol. The van der Waals surface area contributed by atoms with Gasteiger partial charge in [0.15, 0.2) is 5.78 Å². The van der Waals surface area contributed by atoms with Gasteiger partial charge in [0.2, 0.25) is 0 Å². The van der Waals surface area contributed by atoms with Gasteiger partial charge >= 0.3 is 11.9 Å². The Kier molecular flexibility index (Phi) is 6.42. The molecule has 1 N–H and O–H groups in total. The minimum atomic E-state index is -1.65. The van der Waals surface area contributed by atoms with Gasteiger partial charge in [-0.2, -0.15) is 0 Å². The number of hydrogen-bond donors (Lipinski definition) is 1. The smallest absolute Gasteiger partial charge is 0.317 e. The van der Waals surface area contributed by atoms with Crippen molar-refractivity contribution in [3.63, 3.8) is 0 Å². The number of ether oxygens (including phenoxy) is 2. The minimum absolute atomic E-state index is 0.103. The lowest BCUT2D eigenvalue weighted by Crippen LogP contribution is -2.55. The number of ketones is 1. The lowest BCUT2D eigenvalue weighted by Gasteiger charge is -2.43. The molecule has 7 heteroatoms. The molecule has 0 aromatic heterocycles. The van der Waals surface area contributed by atoms with Crippen molar-refractivity contribution < 1.29 is 29.0 Å². The molecule has 0 bridgehead atoms. The summed E-state index contributed by atoms with van der Waals surface area (Å²) in [5.74, 6) is -5.09. The Hall–Kier alpha value is -1.92. The molecule has 0 amide bonds. The highest BCUT2D eigenvalue weighted by Gasteiger charge is 2.57. The largest absolute Gasteiger partial charge is 0.466 e. The Bertz CT molecular complexity index is 699. The molecular formula is C19H23ClO6. The molecule has 1 aromatic carbocycles. The summed E-state index contributed by atoms with van der Waals surface area (Å²) in [4.78, 5) is 37.8. The molecular weight excluding hydrogens is 360 g/mol. The Morgan fingerprint density at radius 1 is 1.23 bits per heavy atom. The first-order chi connectivity index (χ1) is 12.2. The molecule has 1 saturated carbocycles. The molecule has 0 heterocycles. The number of benzene rings is 1. The second kappa shape index (κ2) is 8.18. The third kappa shape index (κ3) is 4.07. The second-order valence-corrected chi connectivity index (χ2v) is 6.98. The normalized spacial score (nSPS) is 28.5. The number of hydrogen-bond acceptors (Lipinski definition) is 6. The number of carbonyl (C=O) groups excluding carboxylic acids is 3. The second-order valence-electron chi connectivity index (χ2n) is 6.54. The summed E-state index contributed by atoms with van der Waals surface area (Å²) in [7, 11) is 0. The quantitative estimate of drug-likeness (QED) is 0.621. The summed E-state index contributed by atoms with van der Waals surface area (Å²) in [5, 5.41) is 11.2. The molecule has 0 aliphatic heterocycles. The van der Waals surface area contributed by atoms with Crippen molar-refractivity contribution in [2.24, 2.45) is 11.8 Å². The fourth-order valence-corrected chi connectivity index (χ4v) is 3.79. The van der Waals surface area contributed by atoms with Crippen LogP contribution >= 0.6 is 11.6 Å². The van der Waals surface area contributed by atoms with Crippen LogP contribution in [0.25, 0.3) is 0 Å². The number of halogens is 1. The average molecular weight is 383 g/mol. The van der Waals surface area contributed by atoms with Gasteiger partial charge in [-0.15, -0.1) is 0 Å². The van der Waals surface area contributed by atoms with Gasteiger partial charge in [-0.1, -0.05) is 23.7 Å². The highest BCUT2D eigenvalue weighted by Crippen LogP contribution is 2.47. The van der Waals surface area contributed by atoms with Crippen LogP contribution in [0.4, 0.5) is 0 Å². The Labute approximate surface area is 157 Å². The summed E-state index contributed by atoms with van der Waals surface area (Å²) in [6.07, 6.45) is -0.336. The molecule has 0 saturated heterocycles. The van der Waals surface area contributed by atoms with Gasteiger partial charge in [0, 0.05) is 17.4 Å². The lowest BCUT2D eigenvalue weighted by atomic mass is 9.62. The fourth-order valence-electron chi connectivity index (χ4n) is 3.59. The van der Waals surface area contributed by atoms with E-state index in [0.717, 1.165) is 0 Å². The van der Waals surface area contributed by atoms with Crippen molar-refractivity contribution in [3.8, 4) is 0 Å². The Balaban J connectivity index is 2.61. The molecule has 0 spiro atoms. The monoisotopic (exact) mass is 382 g/mol. The highest BCUT2D eigenvalue weighted by atomic mass is 35.5. The first-order valence-electron chi connectivity index (χ1n) is 8.56. The van der Waals surface area contributed by atoms with Crippen LogP contribution in [0, 0.1) is 11.8 Å². The molecule has 1 fully saturated rings. The number of Topliss-reactive ketones (excluding diaryl/α,β-unsaturated/α-hetero) is 1. The zero-order valence-electron chi connectivity index (χ0n) is 15.0. The van der Waals surface area contributed by atoms with Gasteiger partial charge in [0.25, 0.3) is 0 Å². The molecule has 4 atom stereocenters. The third-order valence-corrected chi connectivity index (χ3v) is 4.82. The van der Waals surface area contributed by atoms with Crippen LogP contribution in [0.3, 0.4) is 0 Å². The third-order valence-electron chi connectivity index (χ3n) is 4.58. The van der Waals surface area contributed by atoms with E-state index in [-0.39, 0.29) is 19.6 Å². The fraction of sp³-hybridized carbons (Fsp3) is 0.526. The maximum absolute atomic E-state index is 12.7. The molecule has 142 valence electrons. The van der Waals surface area contributed by atoms with Crippen LogP contribution in [0.15, 0.2) is 24.3 Å². The van der Waals surface area contributed by atoms with Gasteiger partial charge in [-0.05, 0) is 38.5 Å². The van der Waals surface area contributed by atoms with E-state index in [9.17, 15) is 19.5 Å². The van der Waals surface area contributed by atoms with E-state index in [4.69, 9.17) is 21.1 Å². The van der Waals surface area contributed by atoms with Crippen LogP contribution in [0.2, 0.25) is 5.02 Å². The first-order valence-corrected chi connectivity index (χ1v) is 8.94. The SMILES string of the molecule is CCOC(=O)[C@@H]1C(=O)C[C@](C)(O)[C@@H](C(=O)OCC)[C@@H]1c1cccc(Cl)c1. The summed E-state index contributed by atoms with van der Waals surface area (Å²) in [6, 6.07) is 6.56. The number of rotatable bonds is 5. The number of aliphatic hydroxyl groups is 1. The van der Waals surface area contributed by atoms with Gasteiger partial charge in [-0.25, -0.2) is 0 Å². The van der Waals surface area contributed by atoms with Crippen LogP contribution in [0.5, 0.6) is 0 Å². The van der Waals surface area contributed by atoms with E-state index in [2.05, 4.69) is 0 Å². The average Bonchev–Trinajstić information content (AvgIpc) is 2.53. The van der Waals surface area contributed by atoms with E-state index in [1.54, 1.807) is 38.1 Å². The Morgan fingerprint density at radius 3 is 2.42 bits per heavy atom. The van der Waals surface area contributed by atoms with Crippen molar-refractivity contribution in [2.75, 3.05) is 13.2 Å². The molecule has 1 aliphatic rings. The van der Waals surface area contributed by atoms with E-state index in [1.807, 2.05) is 0 Å². The Morgan fingerprint density at radius 2 is 1.85 bits per heavy atom. The van der Waals surface area contributed by atoms with Crippen molar-refractivity contribution in [2.45, 2.75) is 38.7 Å². The van der Waals surface area contributed by atoms with Crippen molar-refractivity contribution >= 4 is 29.3 Å². The summed E-state index contributed by atoms with van der Waals surface area (Å²) >= 11 is 6.07. The van der Waals surface area contributed by atoms with Crippen LogP contribution in [-0.4, -0.2) is 41.6 Å². The van der Waals surface area contributed by atoms with Gasteiger partial charge in [-0.3, -0.25) is 14.4 Å². The summed E-state index contributed by atoms with van der Waals surface area (Å²) in [6.45, 7) is 4.92. The van der Waals surface area contributed by atoms with E-state index in [0.29, 0.717) is 10.6 Å². The zero-order valence-corrected chi connectivity index (χ0v) is 15.8. The van der Waals surface area contributed by atoms with E-state index in [1.165, 1.54) is 6.92 Å². The lowest BCUT2D eigenvalue weighted by molar-refractivity contribution is -0.172. The molecule has 2 rings (SSSR count). The first kappa shape index (κ1) is 20.4. The zero-order chi connectivity index (χ0) is 19.5. The topological polar surface area (TPSA) is 89.9 Å². The van der Waals surface area contributed by atoms with Crippen molar-refractivity contribution in [3.05, 3.63) is 34.9 Å². The molecule has 6 nitrogen and oxygen atoms in total. The summed E-state index contributed by atoms with van der Waals surface area (Å²) in [5.41, 5.74) is -1.15. The molecule has 1 aromatic rings. The maximum atomic E-state index is 12.7. The van der Waals surface area contributed by atoms with Crippen molar-refractivity contribution in [1.29, 1.82) is 0 Å². The predicted octanol–water partition coefficient (Wildman–Crippen LogP) is 2.51. The van der Waals surface area contributed by atoms with Gasteiger partial charge < -0.3 is 14.6 Å². The van der Waals surface area contributed by atoms with Crippen LogP contribution < -0.4 is 0 Å². The number of esters is 2. The molecule has 0 unspecified atom stereocenters. The van der Waals surface area contributed by atoms with Crippen LogP contribution in [-0.2, 0) is 23.9 Å². The summed E-state index contributed by atoms with van der Waals surface area (Å²) < 4.78 is 10.2. The van der Waals surface area contributed by atoms with Crippen LogP contribution in [0.1, 0.15) is 38.7 Å². The standard InChI is InChI=1S/C19H23ClO6/c1-4-25-17(22)15-13(21)10-19(3,24)16(18(23)26-5-2)14(15)11-7-6-8-12(20)9-11/h6-9,14-16,24H,4-5,10H2,1-3H3/t14-,15-,16-,19+/m1/s1.